The van der Waals surface area contributed by atoms with Crippen molar-refractivity contribution in [1.29, 1.82) is 0 Å². The average molecular weight is 443 g/mol. The predicted octanol–water partition coefficient (Wildman–Crippen LogP) is 6.69. The van der Waals surface area contributed by atoms with Crippen LogP contribution in [0.25, 0.3) is 0 Å². The van der Waals surface area contributed by atoms with Gasteiger partial charge >= 0.3 is 0 Å². The van der Waals surface area contributed by atoms with Crippen LogP contribution in [0, 0.1) is 17.3 Å². The zero-order chi connectivity index (χ0) is 22.1. The van der Waals surface area contributed by atoms with Crippen LogP contribution in [0.3, 0.4) is 0 Å². The van der Waals surface area contributed by atoms with Crippen LogP contribution in [-0.4, -0.2) is 25.0 Å². The van der Waals surface area contributed by atoms with Gasteiger partial charge in [0.25, 0.3) is 0 Å². The molecule has 0 spiro atoms. The molecular formula is C29H34N2O2. The fraction of sp³-hybridized carbons (Fsp3) is 0.517. The molecule has 4 nitrogen and oxygen atoms in total. The van der Waals surface area contributed by atoms with Gasteiger partial charge in [0, 0.05) is 0 Å². The third-order valence-electron chi connectivity index (χ3n) is 8.38. The van der Waals surface area contributed by atoms with Gasteiger partial charge in [0.05, 0.1) is 0 Å². The Morgan fingerprint density at radius 2 is 0.970 bits per heavy atom. The first-order chi connectivity index (χ1) is 16.4. The molecule has 2 heterocycles. The van der Waals surface area contributed by atoms with E-state index < -0.39 is 0 Å². The number of rotatable bonds is 6. The van der Waals surface area contributed by atoms with Crippen LogP contribution in [0.1, 0.15) is 74.6 Å². The molecule has 2 aliphatic carbocycles. The zero-order valence-corrected chi connectivity index (χ0v) is 19.4. The molecule has 0 radical (unpaired) electrons. The van der Waals surface area contributed by atoms with Gasteiger partial charge in [-0.05, 0) is 48.6 Å². The molecule has 2 fully saturated rings. The molecule has 0 N–H and O–H groups in total. The van der Waals surface area contributed by atoms with Gasteiger partial charge in [-0.3, -0.25) is 0 Å². The maximum atomic E-state index is 6.55. The molecule has 4 heteroatoms. The molecule has 2 aromatic carbocycles. The standard InChI is InChI=1S/C29H34N2O2/c1-3-11-21(12-4-1)25-19-32-27(30-25)29(23-15-7-8-16-23,24-17-9-10-18-24)28-31-26(20-33-28)22-13-5-2-6-14-22/h1-6,11-14,23-26H,7-10,15-20H2/t25-,26-/m1/s1. The largest absolute Gasteiger partial charge is 0.478 e. The summed E-state index contributed by atoms with van der Waals surface area (Å²) >= 11 is 0. The smallest absolute Gasteiger partial charge is 0.200 e. The minimum absolute atomic E-state index is 0.0651. The lowest BCUT2D eigenvalue weighted by atomic mass is 9.64. The molecule has 4 aliphatic rings. The predicted molar refractivity (Wildman–Crippen MR) is 131 cm³/mol. The van der Waals surface area contributed by atoms with E-state index in [9.17, 15) is 0 Å². The summed E-state index contributed by atoms with van der Waals surface area (Å²) in [6.45, 7) is 1.24. The number of hydrogen-bond donors (Lipinski definition) is 0. The Morgan fingerprint density at radius 3 is 1.36 bits per heavy atom. The Balaban J connectivity index is 1.45. The van der Waals surface area contributed by atoms with Crippen LogP contribution in [0.5, 0.6) is 0 Å². The van der Waals surface area contributed by atoms with Crippen LogP contribution < -0.4 is 0 Å². The van der Waals surface area contributed by atoms with Crippen molar-refractivity contribution in [2.24, 2.45) is 27.2 Å². The van der Waals surface area contributed by atoms with Crippen molar-refractivity contribution < 1.29 is 9.47 Å². The number of aliphatic imine (C=N–C) groups is 2. The van der Waals surface area contributed by atoms with E-state index in [0.29, 0.717) is 25.0 Å². The van der Waals surface area contributed by atoms with E-state index in [0.717, 1.165) is 11.8 Å². The van der Waals surface area contributed by atoms with Crippen LogP contribution >= 0.6 is 0 Å². The van der Waals surface area contributed by atoms with E-state index in [1.54, 1.807) is 0 Å². The van der Waals surface area contributed by atoms with Crippen molar-refractivity contribution in [2.45, 2.75) is 63.5 Å². The summed E-state index contributed by atoms with van der Waals surface area (Å²) in [6.07, 6.45) is 9.99. The van der Waals surface area contributed by atoms with Gasteiger partial charge in [-0.15, -0.1) is 0 Å². The summed E-state index contributed by atoms with van der Waals surface area (Å²) in [4.78, 5) is 10.6. The van der Waals surface area contributed by atoms with E-state index in [-0.39, 0.29) is 17.5 Å². The molecule has 2 saturated carbocycles. The second-order valence-corrected chi connectivity index (χ2v) is 10.2. The molecule has 172 valence electrons. The van der Waals surface area contributed by atoms with E-state index in [2.05, 4.69) is 60.7 Å². The van der Waals surface area contributed by atoms with Gasteiger partial charge in [-0.1, -0.05) is 86.3 Å². The second kappa shape index (κ2) is 8.96. The van der Waals surface area contributed by atoms with Gasteiger partial charge in [-0.2, -0.15) is 0 Å². The third-order valence-corrected chi connectivity index (χ3v) is 8.38. The number of nitrogens with zero attached hydrogens (tertiary/aromatic N) is 2. The highest BCUT2D eigenvalue weighted by Gasteiger charge is 2.59. The molecule has 2 atom stereocenters. The first kappa shape index (κ1) is 20.9. The highest BCUT2D eigenvalue weighted by Crippen LogP contribution is 2.55. The van der Waals surface area contributed by atoms with Crippen LogP contribution in [0.4, 0.5) is 0 Å². The van der Waals surface area contributed by atoms with Crippen LogP contribution in [0.15, 0.2) is 70.6 Å². The first-order valence-corrected chi connectivity index (χ1v) is 12.9. The van der Waals surface area contributed by atoms with Gasteiger partial charge in [0.15, 0.2) is 0 Å². The van der Waals surface area contributed by atoms with Crippen molar-refractivity contribution in [3.05, 3.63) is 71.8 Å². The van der Waals surface area contributed by atoms with Crippen LogP contribution in [0.2, 0.25) is 0 Å². The summed E-state index contributed by atoms with van der Waals surface area (Å²) in [6, 6.07) is 21.3. The van der Waals surface area contributed by atoms with Crippen molar-refractivity contribution in [2.75, 3.05) is 13.2 Å². The fourth-order valence-electron chi connectivity index (χ4n) is 6.78. The highest BCUT2D eigenvalue weighted by molar-refractivity contribution is 6.07. The van der Waals surface area contributed by atoms with Gasteiger partial charge in [-0.25, -0.2) is 9.98 Å². The third kappa shape index (κ3) is 3.68. The molecule has 0 amide bonds. The molecule has 2 aliphatic heterocycles. The minimum atomic E-state index is -0.305. The molecule has 6 rings (SSSR count). The van der Waals surface area contributed by atoms with Crippen molar-refractivity contribution in [3.63, 3.8) is 0 Å². The van der Waals surface area contributed by atoms with Gasteiger partial charge in [0.1, 0.15) is 30.7 Å². The quantitative estimate of drug-likeness (QED) is 0.500. The second-order valence-electron chi connectivity index (χ2n) is 10.2. The Hall–Kier alpha value is -2.62. The van der Waals surface area contributed by atoms with E-state index >= 15 is 0 Å². The molecular weight excluding hydrogens is 408 g/mol. The number of benzene rings is 2. The Morgan fingerprint density at radius 1 is 0.576 bits per heavy atom. The summed E-state index contributed by atoms with van der Waals surface area (Å²) in [7, 11) is 0. The number of hydrogen-bond acceptors (Lipinski definition) is 4. The normalized spacial score (nSPS) is 26.2. The fourth-order valence-corrected chi connectivity index (χ4v) is 6.78. The molecule has 0 bridgehead atoms. The van der Waals surface area contributed by atoms with Crippen molar-refractivity contribution >= 4 is 11.8 Å². The Bertz CT molecular complexity index is 921. The first-order valence-electron chi connectivity index (χ1n) is 12.9. The zero-order valence-electron chi connectivity index (χ0n) is 19.4. The number of ether oxygens (including phenoxy) is 2. The maximum Gasteiger partial charge on any atom is 0.200 e. The molecule has 0 unspecified atom stereocenters. The van der Waals surface area contributed by atoms with E-state index in [1.807, 2.05) is 0 Å². The Labute approximate surface area is 197 Å². The highest BCUT2D eigenvalue weighted by atomic mass is 16.5. The summed E-state index contributed by atoms with van der Waals surface area (Å²) in [5, 5.41) is 0. The Kier molecular flexibility index (Phi) is 5.69. The average Bonchev–Trinajstić information content (AvgIpc) is 3.70. The summed E-state index contributed by atoms with van der Waals surface area (Å²) in [5.41, 5.74) is 2.16. The lowest BCUT2D eigenvalue weighted by Gasteiger charge is -2.42. The van der Waals surface area contributed by atoms with Crippen molar-refractivity contribution in [3.8, 4) is 0 Å². The topological polar surface area (TPSA) is 43.2 Å². The lowest BCUT2D eigenvalue weighted by Crippen LogP contribution is -2.50. The minimum Gasteiger partial charge on any atom is -0.478 e. The molecule has 2 aromatic rings. The van der Waals surface area contributed by atoms with Gasteiger partial charge in [0.2, 0.25) is 11.8 Å². The van der Waals surface area contributed by atoms with Crippen LogP contribution in [-0.2, 0) is 9.47 Å². The molecule has 33 heavy (non-hydrogen) atoms. The SMILES string of the molecule is c1ccc([C@H]2COC(C(C3=N[C@@H](c4ccccc4)CO3)(C3CCCC3)C3CCCC3)=N2)cc1. The monoisotopic (exact) mass is 442 g/mol. The maximum absolute atomic E-state index is 6.55. The van der Waals surface area contributed by atoms with Crippen molar-refractivity contribution in [1.82, 2.24) is 0 Å². The lowest BCUT2D eigenvalue weighted by molar-refractivity contribution is 0.153. The summed E-state index contributed by atoms with van der Waals surface area (Å²) in [5.74, 6) is 2.84. The molecule has 0 saturated heterocycles. The van der Waals surface area contributed by atoms with Gasteiger partial charge < -0.3 is 9.47 Å². The van der Waals surface area contributed by atoms with E-state index in [4.69, 9.17) is 19.5 Å². The van der Waals surface area contributed by atoms with E-state index in [1.165, 1.54) is 62.5 Å². The summed E-state index contributed by atoms with van der Waals surface area (Å²) < 4.78 is 13.1. The molecule has 0 aromatic heterocycles.